The van der Waals surface area contributed by atoms with Crippen molar-refractivity contribution in [2.75, 3.05) is 25.0 Å². The Morgan fingerprint density at radius 3 is 2.65 bits per heavy atom. The van der Waals surface area contributed by atoms with Gasteiger partial charge in [-0.15, -0.1) is 0 Å². The molecule has 1 amide bonds. The van der Waals surface area contributed by atoms with Crippen molar-refractivity contribution in [1.29, 1.82) is 0 Å². The second-order valence-electron chi connectivity index (χ2n) is 8.73. The molecule has 0 spiro atoms. The van der Waals surface area contributed by atoms with E-state index >= 15 is 0 Å². The Kier molecular flexibility index (Phi) is 5.24. The van der Waals surface area contributed by atoms with Crippen molar-refractivity contribution >= 4 is 11.6 Å². The van der Waals surface area contributed by atoms with Crippen LogP contribution in [0.15, 0.2) is 72.8 Å². The Bertz CT molecular complexity index is 1100. The van der Waals surface area contributed by atoms with Crippen LogP contribution in [0.2, 0.25) is 0 Å². The van der Waals surface area contributed by atoms with Gasteiger partial charge >= 0.3 is 0 Å². The van der Waals surface area contributed by atoms with E-state index in [2.05, 4.69) is 37.1 Å². The van der Waals surface area contributed by atoms with Crippen molar-refractivity contribution in [3.05, 3.63) is 95.1 Å². The molecule has 2 atom stereocenters. The predicted molar refractivity (Wildman–Crippen MR) is 124 cm³/mol. The lowest BCUT2D eigenvalue weighted by Crippen LogP contribution is -2.47. The zero-order valence-corrected chi connectivity index (χ0v) is 18.1. The van der Waals surface area contributed by atoms with Gasteiger partial charge in [0.2, 0.25) is 0 Å². The third-order valence-corrected chi connectivity index (χ3v) is 6.53. The number of likely N-dealkylation sites (tertiary alicyclic amines) is 1. The van der Waals surface area contributed by atoms with Crippen molar-refractivity contribution in [2.24, 2.45) is 0 Å². The van der Waals surface area contributed by atoms with E-state index in [-0.39, 0.29) is 11.9 Å². The summed E-state index contributed by atoms with van der Waals surface area (Å²) >= 11 is 0. The molecule has 4 heteroatoms. The van der Waals surface area contributed by atoms with E-state index in [0.29, 0.717) is 23.8 Å². The summed E-state index contributed by atoms with van der Waals surface area (Å²) in [6.07, 6.45) is 0.980. The summed E-state index contributed by atoms with van der Waals surface area (Å²) in [6, 6.07) is 24.4. The maximum absolute atomic E-state index is 13.9. The number of carbonyl (C=O) groups excluding carboxylic acids is 1. The monoisotopic (exact) mass is 412 g/mol. The zero-order valence-electron chi connectivity index (χ0n) is 18.1. The Morgan fingerprint density at radius 2 is 1.81 bits per heavy atom. The van der Waals surface area contributed by atoms with Gasteiger partial charge < -0.3 is 14.5 Å². The molecule has 0 N–H and O–H groups in total. The third kappa shape index (κ3) is 3.72. The molecule has 2 aliphatic rings. The number of hydrogen-bond donors (Lipinski definition) is 0. The van der Waals surface area contributed by atoms with E-state index in [1.165, 1.54) is 11.1 Å². The molecule has 5 rings (SSSR count). The molecule has 1 fully saturated rings. The molecule has 31 heavy (non-hydrogen) atoms. The van der Waals surface area contributed by atoms with Gasteiger partial charge in [-0.25, -0.2) is 0 Å². The molecular formula is C27H28N2O2. The second-order valence-corrected chi connectivity index (χ2v) is 8.73. The molecular weight excluding hydrogens is 384 g/mol. The van der Waals surface area contributed by atoms with Crippen LogP contribution < -0.4 is 9.64 Å². The first-order chi connectivity index (χ1) is 15.1. The molecule has 158 valence electrons. The van der Waals surface area contributed by atoms with Crippen LogP contribution >= 0.6 is 0 Å². The van der Waals surface area contributed by atoms with Crippen LogP contribution in [0.25, 0.3) is 0 Å². The fourth-order valence-electron chi connectivity index (χ4n) is 4.98. The number of ether oxygens (including phenoxy) is 1. The molecule has 0 aromatic heterocycles. The van der Waals surface area contributed by atoms with Crippen molar-refractivity contribution in [3.8, 4) is 5.75 Å². The van der Waals surface area contributed by atoms with Crippen LogP contribution in [0.4, 0.5) is 5.69 Å². The van der Waals surface area contributed by atoms with Gasteiger partial charge in [0.05, 0.1) is 5.56 Å². The number of anilines is 1. The number of amides is 1. The van der Waals surface area contributed by atoms with Crippen molar-refractivity contribution in [3.63, 3.8) is 0 Å². The molecule has 0 aliphatic carbocycles. The minimum atomic E-state index is 0.0332. The van der Waals surface area contributed by atoms with E-state index < -0.39 is 0 Å². The fourth-order valence-corrected chi connectivity index (χ4v) is 4.98. The molecule has 3 aromatic carbocycles. The quantitative estimate of drug-likeness (QED) is 0.603. The molecule has 3 aromatic rings. The lowest BCUT2D eigenvalue weighted by atomic mass is 9.88. The number of likely N-dealkylation sites (N-methyl/N-ethyl adjacent to an activating group) is 1. The maximum Gasteiger partial charge on any atom is 0.262 e. The molecule has 2 unspecified atom stereocenters. The summed E-state index contributed by atoms with van der Waals surface area (Å²) in [4.78, 5) is 18.3. The summed E-state index contributed by atoms with van der Waals surface area (Å²) in [6.45, 7) is 4.55. The van der Waals surface area contributed by atoms with Crippen LogP contribution in [0.3, 0.4) is 0 Å². The topological polar surface area (TPSA) is 32.8 Å². The first-order valence-electron chi connectivity index (χ1n) is 11.0. The molecule has 0 saturated carbocycles. The number of nitrogens with zero attached hydrogens (tertiary/aromatic N) is 2. The number of para-hydroxylation sites is 1. The Balaban J connectivity index is 1.48. The number of fused-ring (bicyclic) bond motifs is 3. The highest BCUT2D eigenvalue weighted by Crippen LogP contribution is 2.46. The summed E-state index contributed by atoms with van der Waals surface area (Å²) in [5, 5.41) is 0. The molecule has 2 heterocycles. The highest BCUT2D eigenvalue weighted by molar-refractivity contribution is 6.09. The highest BCUT2D eigenvalue weighted by Gasteiger charge is 2.44. The summed E-state index contributed by atoms with van der Waals surface area (Å²) in [5.74, 6) is 1.03. The van der Waals surface area contributed by atoms with Gasteiger partial charge in [-0.05, 0) is 56.3 Å². The third-order valence-electron chi connectivity index (χ3n) is 6.53. The SMILES string of the molecule is Cc1ccc2c(c1)C1CN(C)CCC1N2C(=O)c1ccccc1OCc1ccccc1. The minimum Gasteiger partial charge on any atom is -0.488 e. The summed E-state index contributed by atoms with van der Waals surface area (Å²) in [5.41, 5.74) is 5.31. The van der Waals surface area contributed by atoms with Crippen LogP contribution in [-0.2, 0) is 6.61 Å². The van der Waals surface area contributed by atoms with E-state index in [0.717, 1.165) is 30.8 Å². The van der Waals surface area contributed by atoms with Crippen LogP contribution in [-0.4, -0.2) is 37.0 Å². The van der Waals surface area contributed by atoms with Gasteiger partial charge in [0.1, 0.15) is 12.4 Å². The predicted octanol–water partition coefficient (Wildman–Crippen LogP) is 5.02. The minimum absolute atomic E-state index is 0.0332. The normalized spacial score (nSPS) is 20.3. The van der Waals surface area contributed by atoms with Crippen LogP contribution in [0.5, 0.6) is 5.75 Å². The van der Waals surface area contributed by atoms with E-state index in [1.807, 2.05) is 59.5 Å². The standard InChI is InChI=1S/C27H28N2O2/c1-19-12-13-24-22(16-19)23-17-28(2)15-14-25(23)29(24)27(30)21-10-6-7-11-26(21)31-18-20-8-4-3-5-9-20/h3-13,16,23,25H,14-15,17-18H2,1-2H3. The van der Waals surface area contributed by atoms with Gasteiger partial charge in [-0.1, -0.05) is 60.2 Å². The average molecular weight is 413 g/mol. The van der Waals surface area contributed by atoms with Crippen LogP contribution in [0.1, 0.15) is 39.4 Å². The van der Waals surface area contributed by atoms with Crippen molar-refractivity contribution < 1.29 is 9.53 Å². The second kappa shape index (κ2) is 8.20. The van der Waals surface area contributed by atoms with E-state index in [9.17, 15) is 4.79 Å². The fraction of sp³-hybridized carbons (Fsp3) is 0.296. The van der Waals surface area contributed by atoms with Gasteiger partial charge in [-0.2, -0.15) is 0 Å². The average Bonchev–Trinajstić information content (AvgIpc) is 3.11. The van der Waals surface area contributed by atoms with E-state index in [1.54, 1.807) is 0 Å². The Morgan fingerprint density at radius 1 is 1.03 bits per heavy atom. The molecule has 2 aliphatic heterocycles. The molecule has 4 nitrogen and oxygen atoms in total. The zero-order chi connectivity index (χ0) is 21.4. The smallest absolute Gasteiger partial charge is 0.262 e. The summed E-state index contributed by atoms with van der Waals surface area (Å²) < 4.78 is 6.11. The number of hydrogen-bond acceptors (Lipinski definition) is 3. The molecule has 0 radical (unpaired) electrons. The first kappa shape index (κ1) is 19.8. The molecule has 0 bridgehead atoms. The van der Waals surface area contributed by atoms with Crippen LogP contribution in [0, 0.1) is 6.92 Å². The van der Waals surface area contributed by atoms with Gasteiger partial charge in [0.25, 0.3) is 5.91 Å². The number of rotatable bonds is 4. The number of aryl methyl sites for hydroxylation is 1. The van der Waals surface area contributed by atoms with Crippen molar-refractivity contribution in [2.45, 2.75) is 31.9 Å². The van der Waals surface area contributed by atoms with Gasteiger partial charge in [0.15, 0.2) is 0 Å². The van der Waals surface area contributed by atoms with Gasteiger partial charge in [0, 0.05) is 24.2 Å². The number of piperidine rings is 1. The van der Waals surface area contributed by atoms with E-state index in [4.69, 9.17) is 4.74 Å². The number of carbonyl (C=O) groups is 1. The lowest BCUT2D eigenvalue weighted by molar-refractivity contribution is 0.0960. The largest absolute Gasteiger partial charge is 0.488 e. The molecule has 1 saturated heterocycles. The number of benzene rings is 3. The first-order valence-corrected chi connectivity index (χ1v) is 11.0. The highest BCUT2D eigenvalue weighted by atomic mass is 16.5. The summed E-state index contributed by atoms with van der Waals surface area (Å²) in [7, 11) is 2.17. The van der Waals surface area contributed by atoms with Gasteiger partial charge in [-0.3, -0.25) is 4.79 Å². The Hall–Kier alpha value is -3.11. The Labute approximate surface area is 184 Å². The van der Waals surface area contributed by atoms with Crippen molar-refractivity contribution in [1.82, 2.24) is 4.90 Å². The maximum atomic E-state index is 13.9. The lowest BCUT2D eigenvalue weighted by Gasteiger charge is -2.36.